The second kappa shape index (κ2) is 5.14. The number of carbonyl (C=O) groups excluding carboxylic acids is 1. The predicted molar refractivity (Wildman–Crippen MR) is 76.5 cm³/mol. The fraction of sp³-hybridized carbons (Fsp3) is 0.462. The van der Waals surface area contributed by atoms with E-state index in [0.29, 0.717) is 10.9 Å². The van der Waals surface area contributed by atoms with Crippen molar-refractivity contribution in [3.05, 3.63) is 38.3 Å². The molecule has 1 amide bonds. The van der Waals surface area contributed by atoms with Crippen LogP contribution in [0.25, 0.3) is 0 Å². The molecule has 0 saturated heterocycles. The van der Waals surface area contributed by atoms with E-state index in [9.17, 15) is 20.0 Å². The van der Waals surface area contributed by atoms with Gasteiger partial charge in [0.25, 0.3) is 11.6 Å². The number of aliphatic hydroxyl groups excluding tert-OH is 1. The van der Waals surface area contributed by atoms with Crippen molar-refractivity contribution in [3.8, 4) is 0 Å². The topological polar surface area (TPSA) is 92.5 Å². The maximum atomic E-state index is 12.1. The molecule has 1 aromatic carbocycles. The highest BCUT2D eigenvalue weighted by Gasteiger charge is 2.48. The zero-order valence-electron chi connectivity index (χ0n) is 11.1. The summed E-state index contributed by atoms with van der Waals surface area (Å²) >= 11 is 3.08. The average Bonchev–Trinajstić information content (AvgIpc) is 2.38. The number of nitro benzene ring substituents is 1. The first-order chi connectivity index (χ1) is 9.23. The fourth-order valence-electron chi connectivity index (χ4n) is 2.18. The van der Waals surface area contributed by atoms with Crippen LogP contribution in [0.1, 0.15) is 30.6 Å². The summed E-state index contributed by atoms with van der Waals surface area (Å²) in [5.74, 6) is -0.370. The Morgan fingerprint density at radius 2 is 2.20 bits per heavy atom. The summed E-state index contributed by atoms with van der Waals surface area (Å²) in [7, 11) is 0. The van der Waals surface area contributed by atoms with Crippen LogP contribution in [0.2, 0.25) is 0 Å². The molecule has 0 radical (unpaired) electrons. The first kappa shape index (κ1) is 14.9. The molecule has 1 aromatic rings. The van der Waals surface area contributed by atoms with E-state index in [4.69, 9.17) is 0 Å². The lowest BCUT2D eigenvalue weighted by Gasteiger charge is -2.49. The summed E-state index contributed by atoms with van der Waals surface area (Å²) in [6, 6.07) is 4.11. The zero-order chi connectivity index (χ0) is 15.1. The number of nitro groups is 1. The van der Waals surface area contributed by atoms with Gasteiger partial charge in [0.15, 0.2) is 0 Å². The number of amides is 1. The van der Waals surface area contributed by atoms with E-state index in [2.05, 4.69) is 21.2 Å². The molecule has 0 heterocycles. The molecule has 2 rings (SSSR count). The minimum atomic E-state index is -0.544. The number of aliphatic hydroxyl groups is 1. The van der Waals surface area contributed by atoms with Crippen molar-refractivity contribution in [2.75, 3.05) is 0 Å². The third kappa shape index (κ3) is 2.55. The quantitative estimate of drug-likeness (QED) is 0.650. The highest BCUT2D eigenvalue weighted by Crippen LogP contribution is 2.40. The molecule has 6 nitrogen and oxygen atoms in total. The number of carbonyl (C=O) groups is 1. The monoisotopic (exact) mass is 342 g/mol. The van der Waals surface area contributed by atoms with Crippen molar-refractivity contribution in [1.82, 2.24) is 5.32 Å². The lowest BCUT2D eigenvalue weighted by Crippen LogP contribution is -2.61. The minimum absolute atomic E-state index is 0.132. The molecule has 1 saturated carbocycles. The van der Waals surface area contributed by atoms with Crippen molar-refractivity contribution in [2.45, 2.75) is 32.4 Å². The van der Waals surface area contributed by atoms with E-state index in [-0.39, 0.29) is 28.6 Å². The highest BCUT2D eigenvalue weighted by atomic mass is 79.9. The Morgan fingerprint density at radius 3 is 2.70 bits per heavy atom. The summed E-state index contributed by atoms with van der Waals surface area (Å²) in [6.07, 6.45) is 0.0595. The fourth-order valence-corrected chi connectivity index (χ4v) is 2.57. The summed E-state index contributed by atoms with van der Waals surface area (Å²) < 4.78 is 0.332. The molecular formula is C13H15BrN2O4. The van der Waals surface area contributed by atoms with Gasteiger partial charge < -0.3 is 10.4 Å². The SMILES string of the molecule is CC1(C)C(O)CC1NC(=O)c1ccc(Br)c([N+](=O)[O-])c1. The molecule has 108 valence electrons. The first-order valence-corrected chi connectivity index (χ1v) is 6.95. The third-order valence-corrected chi connectivity index (χ3v) is 4.60. The molecule has 0 aromatic heterocycles. The van der Waals surface area contributed by atoms with Crippen LogP contribution in [-0.4, -0.2) is 28.1 Å². The molecule has 0 bridgehead atoms. The maximum absolute atomic E-state index is 12.1. The maximum Gasteiger partial charge on any atom is 0.284 e. The second-order valence-corrected chi connectivity index (χ2v) is 6.38. The molecule has 0 aliphatic heterocycles. The van der Waals surface area contributed by atoms with Crippen LogP contribution < -0.4 is 5.32 Å². The molecule has 7 heteroatoms. The largest absolute Gasteiger partial charge is 0.392 e. The molecule has 1 aliphatic rings. The molecule has 20 heavy (non-hydrogen) atoms. The van der Waals surface area contributed by atoms with Gasteiger partial charge in [-0.05, 0) is 34.5 Å². The molecule has 2 atom stereocenters. The normalized spacial score (nSPS) is 23.8. The van der Waals surface area contributed by atoms with E-state index in [1.807, 2.05) is 13.8 Å². The minimum Gasteiger partial charge on any atom is -0.392 e. The van der Waals surface area contributed by atoms with E-state index in [0.717, 1.165) is 0 Å². The lowest BCUT2D eigenvalue weighted by atomic mass is 9.64. The Morgan fingerprint density at radius 1 is 1.55 bits per heavy atom. The van der Waals surface area contributed by atoms with Gasteiger partial charge in [0, 0.05) is 23.1 Å². The van der Waals surface area contributed by atoms with Gasteiger partial charge in [0.1, 0.15) is 0 Å². The Hall–Kier alpha value is -1.47. The van der Waals surface area contributed by atoms with Gasteiger partial charge in [0.2, 0.25) is 0 Å². The van der Waals surface area contributed by atoms with Gasteiger partial charge in [-0.3, -0.25) is 14.9 Å². The van der Waals surface area contributed by atoms with E-state index in [1.165, 1.54) is 18.2 Å². The summed E-state index contributed by atoms with van der Waals surface area (Å²) in [5, 5.41) is 23.3. The molecule has 1 aliphatic carbocycles. The molecule has 2 unspecified atom stereocenters. The van der Waals surface area contributed by atoms with Crippen molar-refractivity contribution in [1.29, 1.82) is 0 Å². The number of nitrogens with zero attached hydrogens (tertiary/aromatic N) is 1. The Bertz CT molecular complexity index is 573. The summed E-state index contributed by atoms with van der Waals surface area (Å²) in [4.78, 5) is 22.4. The molecule has 0 spiro atoms. The van der Waals surface area contributed by atoms with Gasteiger partial charge in [-0.1, -0.05) is 13.8 Å². The smallest absolute Gasteiger partial charge is 0.284 e. The van der Waals surface area contributed by atoms with Crippen LogP contribution in [0, 0.1) is 15.5 Å². The zero-order valence-corrected chi connectivity index (χ0v) is 12.7. The number of benzene rings is 1. The Kier molecular flexibility index (Phi) is 3.84. The number of nitrogens with one attached hydrogen (secondary N) is 1. The Labute approximate surface area is 124 Å². The van der Waals surface area contributed by atoms with Crippen LogP contribution in [0.15, 0.2) is 22.7 Å². The predicted octanol–water partition coefficient (Wildman–Crippen LogP) is 2.25. The standard InChI is InChI=1S/C13H15BrN2O4/c1-13(2)10(6-11(13)17)15-12(18)7-3-4-8(14)9(5-7)16(19)20/h3-5,10-11,17H,6H2,1-2H3,(H,15,18). The highest BCUT2D eigenvalue weighted by molar-refractivity contribution is 9.10. The van der Waals surface area contributed by atoms with Crippen LogP contribution in [0.5, 0.6) is 0 Å². The average molecular weight is 343 g/mol. The molecule has 2 N–H and O–H groups in total. The summed E-state index contributed by atoms with van der Waals surface area (Å²) in [5.41, 5.74) is -0.292. The third-order valence-electron chi connectivity index (χ3n) is 3.93. The van der Waals surface area contributed by atoms with Crippen LogP contribution in [-0.2, 0) is 0 Å². The number of hydrogen-bond donors (Lipinski definition) is 2. The van der Waals surface area contributed by atoms with Gasteiger partial charge in [0.05, 0.1) is 15.5 Å². The van der Waals surface area contributed by atoms with Gasteiger partial charge in [-0.2, -0.15) is 0 Å². The summed E-state index contributed by atoms with van der Waals surface area (Å²) in [6.45, 7) is 3.74. The number of hydrogen-bond acceptors (Lipinski definition) is 4. The van der Waals surface area contributed by atoms with Crippen LogP contribution in [0.4, 0.5) is 5.69 Å². The molecule has 1 fully saturated rings. The lowest BCUT2D eigenvalue weighted by molar-refractivity contribution is -0.385. The Balaban J connectivity index is 2.15. The molecular weight excluding hydrogens is 328 g/mol. The van der Waals surface area contributed by atoms with Gasteiger partial charge >= 0.3 is 0 Å². The van der Waals surface area contributed by atoms with E-state index >= 15 is 0 Å². The van der Waals surface area contributed by atoms with E-state index < -0.39 is 11.0 Å². The van der Waals surface area contributed by atoms with Gasteiger partial charge in [-0.25, -0.2) is 0 Å². The van der Waals surface area contributed by atoms with Gasteiger partial charge in [-0.15, -0.1) is 0 Å². The number of rotatable bonds is 3. The van der Waals surface area contributed by atoms with Crippen molar-refractivity contribution in [2.24, 2.45) is 5.41 Å². The van der Waals surface area contributed by atoms with Crippen LogP contribution in [0.3, 0.4) is 0 Å². The van der Waals surface area contributed by atoms with Crippen molar-refractivity contribution < 1.29 is 14.8 Å². The number of halogens is 1. The van der Waals surface area contributed by atoms with E-state index in [1.54, 1.807) is 0 Å². The van der Waals surface area contributed by atoms with Crippen molar-refractivity contribution in [3.63, 3.8) is 0 Å². The van der Waals surface area contributed by atoms with Crippen LogP contribution >= 0.6 is 15.9 Å². The second-order valence-electron chi connectivity index (χ2n) is 5.52. The first-order valence-electron chi connectivity index (χ1n) is 6.16. The van der Waals surface area contributed by atoms with Crippen molar-refractivity contribution >= 4 is 27.5 Å².